The highest BCUT2D eigenvalue weighted by atomic mass is 32.2. The zero-order valence-corrected chi connectivity index (χ0v) is 12.9. The topological polar surface area (TPSA) is 89.3 Å². The van der Waals surface area contributed by atoms with Crippen LogP contribution in [-0.4, -0.2) is 20.4 Å². The summed E-state index contributed by atoms with van der Waals surface area (Å²) in [5.41, 5.74) is 0.376. The van der Waals surface area contributed by atoms with E-state index < -0.39 is 10.0 Å². The lowest BCUT2D eigenvalue weighted by molar-refractivity contribution is 0.0931. The lowest BCUT2D eigenvalue weighted by Gasteiger charge is -2.20. The third kappa shape index (κ3) is 4.29. The first kappa shape index (κ1) is 15.5. The minimum atomic E-state index is -3.72. The highest BCUT2D eigenvalue weighted by Crippen LogP contribution is 2.20. The van der Waals surface area contributed by atoms with Crippen molar-refractivity contribution < 1.29 is 13.2 Å². The number of amides is 1. The van der Waals surface area contributed by atoms with Gasteiger partial charge < -0.3 is 5.32 Å². The van der Waals surface area contributed by atoms with Gasteiger partial charge in [0.05, 0.1) is 5.56 Å². The highest BCUT2D eigenvalue weighted by Gasteiger charge is 2.18. The van der Waals surface area contributed by atoms with Crippen LogP contribution in [0, 0.1) is 0 Å². The average molecular weight is 316 g/mol. The van der Waals surface area contributed by atoms with E-state index in [9.17, 15) is 13.2 Å². The first-order valence-electron chi connectivity index (χ1n) is 6.89. The van der Waals surface area contributed by atoms with Gasteiger partial charge in [-0.05, 0) is 18.9 Å². The summed E-state index contributed by atoms with van der Waals surface area (Å²) in [7, 11) is -3.72. The minimum Gasteiger partial charge on any atom is -0.349 e. The zero-order valence-electron chi connectivity index (χ0n) is 11.3. The SMILES string of the molecule is NS(=O)(=O)c1cc(C(=O)NC2CCCCCCC2)cs1. The van der Waals surface area contributed by atoms with Crippen LogP contribution in [0.4, 0.5) is 0 Å². The van der Waals surface area contributed by atoms with Crippen LogP contribution < -0.4 is 10.5 Å². The predicted molar refractivity (Wildman–Crippen MR) is 79.3 cm³/mol. The quantitative estimate of drug-likeness (QED) is 0.896. The molecule has 1 saturated carbocycles. The molecular weight excluding hydrogens is 296 g/mol. The van der Waals surface area contributed by atoms with Gasteiger partial charge in [-0.2, -0.15) is 0 Å². The first-order valence-corrected chi connectivity index (χ1v) is 9.31. The fourth-order valence-electron chi connectivity index (χ4n) is 2.45. The Balaban J connectivity index is 1.98. The molecule has 0 radical (unpaired) electrons. The molecule has 1 amide bonds. The van der Waals surface area contributed by atoms with E-state index in [0.717, 1.165) is 37.0 Å². The Morgan fingerprint density at radius 1 is 1.20 bits per heavy atom. The Morgan fingerprint density at radius 3 is 2.35 bits per heavy atom. The van der Waals surface area contributed by atoms with E-state index in [-0.39, 0.29) is 16.2 Å². The van der Waals surface area contributed by atoms with Crippen LogP contribution in [0.15, 0.2) is 15.7 Å². The van der Waals surface area contributed by atoms with Gasteiger partial charge in [0, 0.05) is 11.4 Å². The van der Waals surface area contributed by atoms with Crippen molar-refractivity contribution in [2.24, 2.45) is 5.14 Å². The molecule has 112 valence electrons. The number of hydrogen-bond acceptors (Lipinski definition) is 4. The van der Waals surface area contributed by atoms with Crippen molar-refractivity contribution in [1.82, 2.24) is 5.32 Å². The van der Waals surface area contributed by atoms with Gasteiger partial charge in [-0.25, -0.2) is 13.6 Å². The summed E-state index contributed by atoms with van der Waals surface area (Å²) in [6.45, 7) is 0. The van der Waals surface area contributed by atoms with Gasteiger partial charge in [-0.3, -0.25) is 4.79 Å². The minimum absolute atomic E-state index is 0.0281. The first-order chi connectivity index (χ1) is 9.47. The van der Waals surface area contributed by atoms with Crippen LogP contribution in [0.3, 0.4) is 0 Å². The molecule has 1 aliphatic carbocycles. The zero-order chi connectivity index (χ0) is 14.6. The normalized spacial score (nSPS) is 18.2. The fraction of sp³-hybridized carbons (Fsp3) is 0.615. The maximum absolute atomic E-state index is 12.1. The summed E-state index contributed by atoms with van der Waals surface area (Å²) in [5, 5.41) is 9.58. The number of rotatable bonds is 3. The van der Waals surface area contributed by atoms with Crippen LogP contribution >= 0.6 is 11.3 Å². The van der Waals surface area contributed by atoms with Crippen molar-refractivity contribution in [3.8, 4) is 0 Å². The van der Waals surface area contributed by atoms with Crippen LogP contribution in [0.2, 0.25) is 0 Å². The van der Waals surface area contributed by atoms with E-state index in [1.807, 2.05) is 0 Å². The molecule has 3 N–H and O–H groups in total. The van der Waals surface area contributed by atoms with Crippen molar-refractivity contribution >= 4 is 27.3 Å². The highest BCUT2D eigenvalue weighted by molar-refractivity contribution is 7.91. The molecule has 20 heavy (non-hydrogen) atoms. The molecule has 1 aromatic heterocycles. The van der Waals surface area contributed by atoms with Gasteiger partial charge in [0.2, 0.25) is 10.0 Å². The monoisotopic (exact) mass is 316 g/mol. The van der Waals surface area contributed by atoms with Crippen LogP contribution in [0.1, 0.15) is 55.3 Å². The van der Waals surface area contributed by atoms with Crippen molar-refractivity contribution in [3.05, 3.63) is 17.0 Å². The van der Waals surface area contributed by atoms with E-state index in [4.69, 9.17) is 5.14 Å². The maximum Gasteiger partial charge on any atom is 0.252 e. The van der Waals surface area contributed by atoms with E-state index in [1.165, 1.54) is 30.7 Å². The van der Waals surface area contributed by atoms with Crippen molar-refractivity contribution in [1.29, 1.82) is 0 Å². The molecule has 0 aromatic carbocycles. The molecule has 0 saturated heterocycles. The Labute approximate surface area is 123 Å². The van der Waals surface area contributed by atoms with Crippen LogP contribution in [0.25, 0.3) is 0 Å². The van der Waals surface area contributed by atoms with Gasteiger partial charge in [0.25, 0.3) is 5.91 Å². The summed E-state index contributed by atoms with van der Waals surface area (Å²) in [6.07, 6.45) is 7.99. The smallest absolute Gasteiger partial charge is 0.252 e. The molecule has 0 bridgehead atoms. The predicted octanol–water partition coefficient (Wildman–Crippen LogP) is 2.24. The summed E-state index contributed by atoms with van der Waals surface area (Å²) in [5.74, 6) is -0.207. The number of sulfonamides is 1. The Morgan fingerprint density at radius 2 is 1.80 bits per heavy atom. The van der Waals surface area contributed by atoms with Crippen molar-refractivity contribution in [3.63, 3.8) is 0 Å². The molecule has 1 aromatic rings. The number of hydrogen-bond donors (Lipinski definition) is 2. The average Bonchev–Trinajstić information content (AvgIpc) is 2.81. The Bertz CT molecular complexity index is 558. The van der Waals surface area contributed by atoms with Gasteiger partial charge in [0.15, 0.2) is 0 Å². The Kier molecular flexibility index (Phi) is 5.17. The number of nitrogens with one attached hydrogen (secondary N) is 1. The number of nitrogens with two attached hydrogens (primary N) is 1. The van der Waals surface area contributed by atoms with E-state index in [2.05, 4.69) is 5.32 Å². The molecule has 5 nitrogen and oxygen atoms in total. The van der Waals surface area contributed by atoms with E-state index in [1.54, 1.807) is 0 Å². The summed E-state index contributed by atoms with van der Waals surface area (Å²) >= 11 is 0.980. The second-order valence-corrected chi connectivity index (χ2v) is 7.91. The Hall–Kier alpha value is -0.920. The molecule has 1 heterocycles. The second kappa shape index (κ2) is 6.69. The third-order valence-corrected chi connectivity index (χ3v) is 5.94. The van der Waals surface area contributed by atoms with Crippen LogP contribution in [0.5, 0.6) is 0 Å². The van der Waals surface area contributed by atoms with Crippen LogP contribution in [-0.2, 0) is 10.0 Å². The number of carbonyl (C=O) groups excluding carboxylic acids is 1. The molecule has 0 atom stereocenters. The number of primary sulfonamides is 1. The number of carbonyl (C=O) groups is 1. The third-order valence-electron chi connectivity index (χ3n) is 3.56. The molecule has 7 heteroatoms. The lowest BCUT2D eigenvalue weighted by atomic mass is 9.96. The molecular formula is C13H20N2O3S2. The van der Waals surface area contributed by atoms with Crippen molar-refractivity contribution in [2.45, 2.75) is 55.2 Å². The van der Waals surface area contributed by atoms with Gasteiger partial charge in [-0.15, -0.1) is 11.3 Å². The molecule has 1 aliphatic rings. The molecule has 2 rings (SSSR count). The fourth-order valence-corrected chi connectivity index (χ4v) is 4.04. The maximum atomic E-state index is 12.1. The summed E-state index contributed by atoms with van der Waals surface area (Å²) in [6, 6.07) is 1.54. The van der Waals surface area contributed by atoms with Gasteiger partial charge in [0.1, 0.15) is 4.21 Å². The number of thiophene rings is 1. The lowest BCUT2D eigenvalue weighted by Crippen LogP contribution is -2.35. The second-order valence-electron chi connectivity index (χ2n) is 5.21. The largest absolute Gasteiger partial charge is 0.349 e. The molecule has 1 fully saturated rings. The van der Waals surface area contributed by atoms with Gasteiger partial charge in [-0.1, -0.05) is 32.1 Å². The van der Waals surface area contributed by atoms with E-state index in [0.29, 0.717) is 5.56 Å². The van der Waals surface area contributed by atoms with Gasteiger partial charge >= 0.3 is 0 Å². The molecule has 0 spiro atoms. The summed E-state index contributed by atoms with van der Waals surface area (Å²) in [4.78, 5) is 12.1. The van der Waals surface area contributed by atoms with E-state index >= 15 is 0 Å². The molecule has 0 aliphatic heterocycles. The standard InChI is InChI=1S/C13H20N2O3S2/c14-20(17,18)12-8-10(9-19-12)13(16)15-11-6-4-2-1-3-5-7-11/h8-9,11H,1-7H2,(H,15,16)(H2,14,17,18). The summed E-state index contributed by atoms with van der Waals surface area (Å²) < 4.78 is 22.4. The molecule has 0 unspecified atom stereocenters. The van der Waals surface area contributed by atoms with Crippen molar-refractivity contribution in [2.75, 3.05) is 0 Å².